The third-order valence-electron chi connectivity index (χ3n) is 7.45. The molecule has 5 fully saturated rings. The van der Waals surface area contributed by atoms with E-state index in [1.807, 2.05) is 13.0 Å². The number of fused-ring (bicyclic) bond motifs is 4. The van der Waals surface area contributed by atoms with Gasteiger partial charge in [0.15, 0.2) is 0 Å². The van der Waals surface area contributed by atoms with E-state index in [2.05, 4.69) is 14.7 Å². The van der Waals surface area contributed by atoms with Gasteiger partial charge in [0.2, 0.25) is 5.91 Å². The Hall–Kier alpha value is -1.62. The van der Waals surface area contributed by atoms with Crippen LogP contribution in [0.25, 0.3) is 0 Å². The highest BCUT2D eigenvalue weighted by Crippen LogP contribution is 2.37. The van der Waals surface area contributed by atoms with Crippen molar-refractivity contribution in [3.05, 3.63) is 29.6 Å². The van der Waals surface area contributed by atoms with Gasteiger partial charge in [-0.1, -0.05) is 0 Å². The Morgan fingerprint density at radius 3 is 2.50 bits per heavy atom. The molecule has 5 heteroatoms. The molecule has 4 saturated heterocycles. The van der Waals surface area contributed by atoms with Crippen molar-refractivity contribution in [1.29, 1.82) is 0 Å². The minimum atomic E-state index is -0.156. The molecule has 1 aliphatic carbocycles. The summed E-state index contributed by atoms with van der Waals surface area (Å²) in [6, 6.07) is 6.14. The SMILES string of the molecule is Cc1cc(F)ccc1N1CCC(N2C[C@@H]3CC[C@H](C2)N(CC2CC2)C3=O)CC1. The lowest BCUT2D eigenvalue weighted by Crippen LogP contribution is -2.50. The lowest BCUT2D eigenvalue weighted by molar-refractivity contribution is -0.140. The highest BCUT2D eigenvalue weighted by molar-refractivity contribution is 5.80. The van der Waals surface area contributed by atoms with Crippen LogP contribution in [-0.4, -0.2) is 60.5 Å². The van der Waals surface area contributed by atoms with Crippen molar-refractivity contribution in [3.63, 3.8) is 0 Å². The predicted molar refractivity (Wildman–Crippen MR) is 109 cm³/mol. The van der Waals surface area contributed by atoms with E-state index in [1.165, 1.54) is 24.9 Å². The average Bonchev–Trinajstić information content (AvgIpc) is 3.52. The summed E-state index contributed by atoms with van der Waals surface area (Å²) in [6.45, 7) is 7.06. The van der Waals surface area contributed by atoms with Crippen molar-refractivity contribution < 1.29 is 9.18 Å². The van der Waals surface area contributed by atoms with E-state index in [4.69, 9.17) is 0 Å². The molecule has 0 radical (unpaired) electrons. The highest BCUT2D eigenvalue weighted by atomic mass is 19.1. The number of carbonyl (C=O) groups is 1. The summed E-state index contributed by atoms with van der Waals surface area (Å²) in [6.07, 6.45) is 7.15. The maximum absolute atomic E-state index is 13.4. The molecule has 1 aromatic carbocycles. The Labute approximate surface area is 167 Å². The number of rotatable bonds is 4. The average molecular weight is 386 g/mol. The molecule has 0 spiro atoms. The molecule has 6 rings (SSSR count). The van der Waals surface area contributed by atoms with E-state index in [0.29, 0.717) is 18.0 Å². The van der Waals surface area contributed by atoms with Gasteiger partial charge in [-0.2, -0.15) is 0 Å². The Balaban J connectivity index is 1.23. The van der Waals surface area contributed by atoms with Crippen LogP contribution in [0.4, 0.5) is 10.1 Å². The fraction of sp³-hybridized carbons (Fsp3) is 0.696. The number of nitrogens with zero attached hydrogens (tertiary/aromatic N) is 3. The van der Waals surface area contributed by atoms with Crippen molar-refractivity contribution in [3.8, 4) is 0 Å². The molecule has 152 valence electrons. The summed E-state index contributed by atoms with van der Waals surface area (Å²) >= 11 is 0. The number of amides is 1. The summed E-state index contributed by atoms with van der Waals surface area (Å²) in [5, 5.41) is 0. The van der Waals surface area contributed by atoms with Crippen LogP contribution in [0, 0.1) is 24.6 Å². The molecule has 4 heterocycles. The van der Waals surface area contributed by atoms with E-state index >= 15 is 0 Å². The Morgan fingerprint density at radius 2 is 1.79 bits per heavy atom. The maximum Gasteiger partial charge on any atom is 0.227 e. The van der Waals surface area contributed by atoms with Gasteiger partial charge in [-0.3, -0.25) is 9.69 Å². The van der Waals surface area contributed by atoms with Gasteiger partial charge >= 0.3 is 0 Å². The zero-order valence-corrected chi connectivity index (χ0v) is 16.9. The zero-order valence-electron chi connectivity index (χ0n) is 16.9. The molecule has 0 aromatic heterocycles. The van der Waals surface area contributed by atoms with Gasteiger partial charge in [-0.15, -0.1) is 0 Å². The van der Waals surface area contributed by atoms with Crippen LogP contribution in [0.15, 0.2) is 18.2 Å². The summed E-state index contributed by atoms with van der Waals surface area (Å²) in [4.78, 5) is 20.3. The lowest BCUT2D eigenvalue weighted by atomic mass is 9.93. The monoisotopic (exact) mass is 385 g/mol. The standard InChI is InChI=1S/C23H32FN3O/c1-16-12-19(24)5-7-22(16)25-10-8-20(9-11-25)26-14-18-4-6-21(15-26)27(23(18)28)13-17-2-3-17/h5,7,12,17-18,20-21H,2-4,6,8-11,13-15H2,1H3/t18-,21+/m0/s1. The Morgan fingerprint density at radius 1 is 1.00 bits per heavy atom. The van der Waals surface area contributed by atoms with Crippen LogP contribution in [0.1, 0.15) is 44.1 Å². The number of aryl methyl sites for hydroxylation is 1. The van der Waals surface area contributed by atoms with Gasteiger partial charge in [-0.25, -0.2) is 4.39 Å². The van der Waals surface area contributed by atoms with E-state index in [0.717, 1.165) is 63.5 Å². The summed E-state index contributed by atoms with van der Waals surface area (Å²) in [5.74, 6) is 1.27. The first-order valence-corrected chi connectivity index (χ1v) is 11.1. The molecular weight excluding hydrogens is 353 g/mol. The zero-order chi connectivity index (χ0) is 19.3. The number of piperidine rings is 2. The number of anilines is 1. The van der Waals surface area contributed by atoms with Gasteiger partial charge < -0.3 is 9.80 Å². The van der Waals surface area contributed by atoms with Gasteiger partial charge in [0.25, 0.3) is 0 Å². The van der Waals surface area contributed by atoms with Crippen molar-refractivity contribution in [1.82, 2.24) is 9.80 Å². The molecule has 28 heavy (non-hydrogen) atoms. The molecule has 1 aromatic rings. The Kier molecular flexibility index (Phi) is 4.82. The second-order valence-corrected chi connectivity index (χ2v) is 9.47. The number of hydrogen-bond donors (Lipinski definition) is 0. The van der Waals surface area contributed by atoms with Crippen molar-refractivity contribution in [2.24, 2.45) is 11.8 Å². The van der Waals surface area contributed by atoms with Crippen molar-refractivity contribution in [2.45, 2.75) is 57.5 Å². The Bertz CT molecular complexity index is 741. The van der Waals surface area contributed by atoms with Crippen molar-refractivity contribution in [2.75, 3.05) is 37.6 Å². The summed E-state index contributed by atoms with van der Waals surface area (Å²) in [5.41, 5.74) is 2.19. The molecule has 1 saturated carbocycles. The number of hydrogen-bond acceptors (Lipinski definition) is 3. The van der Waals surface area contributed by atoms with Gasteiger partial charge in [-0.05, 0) is 75.1 Å². The third-order valence-corrected chi connectivity index (χ3v) is 7.45. The molecule has 2 bridgehead atoms. The first-order valence-electron chi connectivity index (χ1n) is 11.1. The highest BCUT2D eigenvalue weighted by Gasteiger charge is 2.44. The quantitative estimate of drug-likeness (QED) is 0.794. The normalized spacial score (nSPS) is 29.4. The molecule has 0 unspecified atom stereocenters. The lowest BCUT2D eigenvalue weighted by Gasteiger charge is -2.40. The second kappa shape index (κ2) is 7.33. The van der Waals surface area contributed by atoms with Crippen LogP contribution in [-0.2, 0) is 4.79 Å². The molecule has 4 aliphatic heterocycles. The van der Waals surface area contributed by atoms with Gasteiger partial charge in [0.1, 0.15) is 5.82 Å². The fourth-order valence-corrected chi connectivity index (χ4v) is 5.64. The van der Waals surface area contributed by atoms with Crippen LogP contribution < -0.4 is 4.90 Å². The summed E-state index contributed by atoms with van der Waals surface area (Å²) < 4.78 is 13.4. The van der Waals surface area contributed by atoms with Crippen LogP contribution in [0.3, 0.4) is 0 Å². The van der Waals surface area contributed by atoms with Crippen LogP contribution in [0.5, 0.6) is 0 Å². The molecule has 4 nitrogen and oxygen atoms in total. The van der Waals surface area contributed by atoms with Crippen LogP contribution >= 0.6 is 0 Å². The number of benzene rings is 1. The number of halogens is 1. The second-order valence-electron chi connectivity index (χ2n) is 9.47. The number of carbonyl (C=O) groups excluding carboxylic acids is 1. The topological polar surface area (TPSA) is 26.8 Å². The van der Waals surface area contributed by atoms with E-state index < -0.39 is 0 Å². The summed E-state index contributed by atoms with van der Waals surface area (Å²) in [7, 11) is 0. The first kappa shape index (κ1) is 18.4. The minimum absolute atomic E-state index is 0.156. The maximum atomic E-state index is 13.4. The minimum Gasteiger partial charge on any atom is -0.371 e. The predicted octanol–water partition coefficient (Wildman–Crippen LogP) is 3.44. The van der Waals surface area contributed by atoms with Gasteiger partial charge in [0.05, 0.1) is 5.92 Å². The van der Waals surface area contributed by atoms with Crippen molar-refractivity contribution >= 4 is 11.6 Å². The molecule has 2 atom stereocenters. The van der Waals surface area contributed by atoms with Crippen LogP contribution in [0.2, 0.25) is 0 Å². The first-order chi connectivity index (χ1) is 13.6. The van der Waals surface area contributed by atoms with E-state index in [1.54, 1.807) is 12.1 Å². The molecule has 1 amide bonds. The van der Waals surface area contributed by atoms with Gasteiger partial charge in [0, 0.05) is 50.5 Å². The fourth-order valence-electron chi connectivity index (χ4n) is 5.64. The molecular formula is C23H32FN3O. The molecule has 5 aliphatic rings. The van der Waals surface area contributed by atoms with E-state index in [-0.39, 0.29) is 11.7 Å². The van der Waals surface area contributed by atoms with E-state index in [9.17, 15) is 9.18 Å². The smallest absolute Gasteiger partial charge is 0.227 e. The third kappa shape index (κ3) is 3.54. The molecule has 0 N–H and O–H groups in total. The largest absolute Gasteiger partial charge is 0.371 e.